The normalized spacial score (nSPS) is 12.0. The first-order valence-corrected chi connectivity index (χ1v) is 7.32. The van der Waals surface area contributed by atoms with E-state index < -0.39 is 16.7 Å². The zero-order valence-electron chi connectivity index (χ0n) is 13.3. The summed E-state index contributed by atoms with van der Waals surface area (Å²) in [5.41, 5.74) is -0.637. The van der Waals surface area contributed by atoms with E-state index in [1.54, 1.807) is 0 Å². The van der Waals surface area contributed by atoms with Crippen LogP contribution in [-0.4, -0.2) is 10.1 Å². The van der Waals surface area contributed by atoms with E-state index in [9.17, 15) is 23.3 Å². The SMILES string of the molecule is Cc1noc(C=Cc2ccc(-c3cccc(C(F)(F)F)c3)o2)c1[N+](=O)[O-]. The number of halogens is 3. The summed E-state index contributed by atoms with van der Waals surface area (Å²) in [6.07, 6.45) is -1.73. The topological polar surface area (TPSA) is 82.3 Å². The average molecular weight is 364 g/mol. The number of rotatable bonds is 4. The number of aryl methyl sites for hydroxylation is 1. The molecule has 0 unspecified atom stereocenters. The van der Waals surface area contributed by atoms with Gasteiger partial charge in [0.2, 0.25) is 5.76 Å². The van der Waals surface area contributed by atoms with Gasteiger partial charge in [-0.1, -0.05) is 17.3 Å². The van der Waals surface area contributed by atoms with E-state index in [-0.39, 0.29) is 28.5 Å². The lowest BCUT2D eigenvalue weighted by Gasteiger charge is -2.07. The summed E-state index contributed by atoms with van der Waals surface area (Å²) in [5.74, 6) is 0.476. The van der Waals surface area contributed by atoms with Crippen molar-refractivity contribution in [2.45, 2.75) is 13.1 Å². The van der Waals surface area contributed by atoms with Crippen LogP contribution in [0.5, 0.6) is 0 Å². The highest BCUT2D eigenvalue weighted by Crippen LogP contribution is 2.33. The molecule has 0 saturated carbocycles. The molecule has 1 aromatic carbocycles. The zero-order valence-corrected chi connectivity index (χ0v) is 13.3. The summed E-state index contributed by atoms with van der Waals surface area (Å²) in [6, 6.07) is 7.77. The van der Waals surface area contributed by atoms with E-state index in [0.29, 0.717) is 5.76 Å². The van der Waals surface area contributed by atoms with Crippen molar-refractivity contribution in [1.29, 1.82) is 0 Å². The highest BCUT2D eigenvalue weighted by molar-refractivity contribution is 5.71. The fourth-order valence-corrected chi connectivity index (χ4v) is 2.32. The molecule has 0 bridgehead atoms. The van der Waals surface area contributed by atoms with E-state index in [2.05, 4.69) is 5.16 Å². The van der Waals surface area contributed by atoms with Crippen LogP contribution in [0.4, 0.5) is 18.9 Å². The van der Waals surface area contributed by atoms with Gasteiger partial charge in [0.15, 0.2) is 5.69 Å². The molecule has 3 rings (SSSR count). The monoisotopic (exact) mass is 364 g/mol. The maximum atomic E-state index is 12.8. The lowest BCUT2D eigenvalue weighted by molar-refractivity contribution is -0.386. The van der Waals surface area contributed by atoms with Gasteiger partial charge in [0, 0.05) is 5.56 Å². The number of hydrogen-bond donors (Lipinski definition) is 0. The molecule has 0 saturated heterocycles. The Morgan fingerprint density at radius 2 is 1.96 bits per heavy atom. The number of benzene rings is 1. The van der Waals surface area contributed by atoms with Gasteiger partial charge in [-0.25, -0.2) is 0 Å². The summed E-state index contributed by atoms with van der Waals surface area (Å²) < 4.78 is 48.7. The molecule has 2 heterocycles. The smallest absolute Gasteiger partial charge is 0.416 e. The van der Waals surface area contributed by atoms with Crippen molar-refractivity contribution < 1.29 is 27.0 Å². The molecule has 0 radical (unpaired) electrons. The summed E-state index contributed by atoms with van der Waals surface area (Å²) in [4.78, 5) is 10.4. The van der Waals surface area contributed by atoms with Crippen LogP contribution in [-0.2, 0) is 6.18 Å². The Labute approximate surface area is 144 Å². The molecule has 134 valence electrons. The first-order valence-electron chi connectivity index (χ1n) is 7.32. The summed E-state index contributed by atoms with van der Waals surface area (Å²) in [7, 11) is 0. The Balaban J connectivity index is 1.86. The Morgan fingerprint density at radius 1 is 1.19 bits per heavy atom. The van der Waals surface area contributed by atoms with Crippen molar-refractivity contribution in [2.75, 3.05) is 0 Å². The summed E-state index contributed by atoms with van der Waals surface area (Å²) >= 11 is 0. The quantitative estimate of drug-likeness (QED) is 0.461. The minimum absolute atomic E-state index is 0.0514. The van der Waals surface area contributed by atoms with Gasteiger partial charge in [0.25, 0.3) is 0 Å². The number of aromatic nitrogens is 1. The highest BCUT2D eigenvalue weighted by Gasteiger charge is 2.30. The molecule has 2 aromatic heterocycles. The third kappa shape index (κ3) is 3.51. The Kier molecular flexibility index (Phi) is 4.37. The molecule has 0 aliphatic rings. The predicted octanol–water partition coefficient (Wildman–Crippen LogP) is 5.34. The molecule has 9 heteroatoms. The van der Waals surface area contributed by atoms with Crippen LogP contribution in [0.3, 0.4) is 0 Å². The molecule has 0 spiro atoms. The van der Waals surface area contributed by atoms with Crippen LogP contribution in [0.1, 0.15) is 22.8 Å². The second-order valence-electron chi connectivity index (χ2n) is 5.35. The Morgan fingerprint density at radius 3 is 2.65 bits per heavy atom. The van der Waals surface area contributed by atoms with Crippen LogP contribution < -0.4 is 0 Å². The van der Waals surface area contributed by atoms with E-state index in [1.165, 1.54) is 43.3 Å². The van der Waals surface area contributed by atoms with Gasteiger partial charge >= 0.3 is 11.9 Å². The predicted molar refractivity (Wildman–Crippen MR) is 86.0 cm³/mol. The third-order valence-corrected chi connectivity index (χ3v) is 3.54. The van der Waals surface area contributed by atoms with Crippen molar-refractivity contribution >= 4 is 17.8 Å². The average Bonchev–Trinajstić information content (AvgIpc) is 3.19. The largest absolute Gasteiger partial charge is 0.457 e. The molecule has 0 atom stereocenters. The van der Waals surface area contributed by atoms with Gasteiger partial charge in [-0.05, 0) is 43.3 Å². The Bertz CT molecular complexity index is 986. The van der Waals surface area contributed by atoms with Gasteiger partial charge < -0.3 is 8.94 Å². The van der Waals surface area contributed by atoms with Crippen LogP contribution in [0, 0.1) is 17.0 Å². The molecule has 3 aromatic rings. The first-order chi connectivity index (χ1) is 12.3. The van der Waals surface area contributed by atoms with Gasteiger partial charge in [0.05, 0.1) is 10.5 Å². The minimum Gasteiger partial charge on any atom is -0.457 e. The fourth-order valence-electron chi connectivity index (χ4n) is 2.32. The molecule has 0 N–H and O–H groups in total. The van der Waals surface area contributed by atoms with Gasteiger partial charge in [-0.3, -0.25) is 10.1 Å². The van der Waals surface area contributed by atoms with Crippen molar-refractivity contribution in [3.63, 3.8) is 0 Å². The molecule has 0 aliphatic carbocycles. The lowest BCUT2D eigenvalue weighted by atomic mass is 10.1. The van der Waals surface area contributed by atoms with Crippen LogP contribution in [0.15, 0.2) is 45.3 Å². The van der Waals surface area contributed by atoms with Gasteiger partial charge in [0.1, 0.15) is 11.5 Å². The first kappa shape index (κ1) is 17.5. The number of nitro groups is 1. The number of nitrogens with zero attached hydrogens (tertiary/aromatic N) is 2. The van der Waals surface area contributed by atoms with E-state index >= 15 is 0 Å². The van der Waals surface area contributed by atoms with Gasteiger partial charge in [-0.15, -0.1) is 0 Å². The number of alkyl halides is 3. The van der Waals surface area contributed by atoms with Gasteiger partial charge in [-0.2, -0.15) is 13.2 Å². The Hall–Kier alpha value is -3.36. The van der Waals surface area contributed by atoms with Crippen LogP contribution >= 0.6 is 0 Å². The van der Waals surface area contributed by atoms with E-state index in [0.717, 1.165) is 12.1 Å². The van der Waals surface area contributed by atoms with Crippen molar-refractivity contribution in [1.82, 2.24) is 5.16 Å². The highest BCUT2D eigenvalue weighted by atomic mass is 19.4. The summed E-state index contributed by atoms with van der Waals surface area (Å²) in [5, 5.41) is 14.5. The number of furan rings is 1. The third-order valence-electron chi connectivity index (χ3n) is 3.54. The second-order valence-corrected chi connectivity index (χ2v) is 5.35. The van der Waals surface area contributed by atoms with Crippen molar-refractivity contribution in [3.05, 3.63) is 69.3 Å². The summed E-state index contributed by atoms with van der Waals surface area (Å²) in [6.45, 7) is 1.44. The molecule has 0 fully saturated rings. The van der Waals surface area contributed by atoms with Crippen molar-refractivity contribution in [3.8, 4) is 11.3 Å². The second kappa shape index (κ2) is 6.51. The molecule has 0 amide bonds. The van der Waals surface area contributed by atoms with Crippen LogP contribution in [0.25, 0.3) is 23.5 Å². The maximum absolute atomic E-state index is 12.8. The van der Waals surface area contributed by atoms with Crippen LogP contribution in [0.2, 0.25) is 0 Å². The molecular formula is C17H11F3N2O4. The fraction of sp³-hybridized carbons (Fsp3) is 0.118. The molecular weight excluding hydrogens is 353 g/mol. The minimum atomic E-state index is -4.45. The number of hydrogen-bond acceptors (Lipinski definition) is 5. The van der Waals surface area contributed by atoms with Crippen molar-refractivity contribution in [2.24, 2.45) is 0 Å². The lowest BCUT2D eigenvalue weighted by Crippen LogP contribution is -2.04. The maximum Gasteiger partial charge on any atom is 0.416 e. The van der Waals surface area contributed by atoms with E-state index in [1.807, 2.05) is 0 Å². The zero-order chi connectivity index (χ0) is 18.9. The van der Waals surface area contributed by atoms with E-state index in [4.69, 9.17) is 8.94 Å². The standard InChI is InChI=1S/C17H11F3N2O4/c1-10-16(22(23)24)15(26-21-10)8-6-13-5-7-14(25-13)11-3-2-4-12(9-11)17(18,19)20/h2-9H,1H3. The molecule has 26 heavy (non-hydrogen) atoms. The molecule has 6 nitrogen and oxygen atoms in total. The molecule has 0 aliphatic heterocycles.